The van der Waals surface area contributed by atoms with Crippen LogP contribution < -0.4 is 0 Å². The molecule has 0 amide bonds. The van der Waals surface area contributed by atoms with Gasteiger partial charge in [-0.15, -0.1) is 0 Å². The number of esters is 2. The molecule has 0 aliphatic rings. The van der Waals surface area contributed by atoms with Crippen LogP contribution in [0, 0.1) is 5.92 Å². The van der Waals surface area contributed by atoms with E-state index in [1.807, 2.05) is 12.2 Å². The molecule has 42 heavy (non-hydrogen) atoms. The first kappa shape index (κ1) is 39.8. The van der Waals surface area contributed by atoms with Crippen molar-refractivity contribution in [2.75, 3.05) is 13.2 Å². The highest BCUT2D eigenvalue weighted by atomic mass is 16.6. The zero-order valence-corrected chi connectivity index (χ0v) is 27.0. The summed E-state index contributed by atoms with van der Waals surface area (Å²) >= 11 is 0. The lowest BCUT2D eigenvalue weighted by atomic mass is 10.00. The van der Waals surface area contributed by atoms with Crippen LogP contribution in [0.15, 0.2) is 48.6 Å². The van der Waals surface area contributed by atoms with Crippen molar-refractivity contribution in [3.8, 4) is 0 Å². The van der Waals surface area contributed by atoms with Gasteiger partial charge in [0.25, 0.3) is 0 Å². The number of ether oxygens (including phenoxy) is 2. The standard InChI is InChI=1S/C36H62O6/c1-4-6-26-33(38)27-22-18-13-11-9-7-8-10-12-14-19-23-28-35(39)41-31-34(30-37)42-36(40)29-24-20-16-15-17-21-25-32(3)5-2/h7-8,11-14,22,27,32-34,37-38H,4-6,9-10,15-21,23-26,28-31H2,1-3H3/b8-7-,13-11-,14-12-,27-22-/t32?,33-,34-/m0/s1. The van der Waals surface area contributed by atoms with Gasteiger partial charge in [-0.3, -0.25) is 9.59 Å². The van der Waals surface area contributed by atoms with E-state index in [1.165, 1.54) is 32.1 Å². The largest absolute Gasteiger partial charge is 0.462 e. The molecule has 0 heterocycles. The van der Waals surface area contributed by atoms with Gasteiger partial charge in [0.1, 0.15) is 6.61 Å². The average Bonchev–Trinajstić information content (AvgIpc) is 2.99. The molecular weight excluding hydrogens is 528 g/mol. The number of carbonyl (C=O) groups excluding carboxylic acids is 2. The van der Waals surface area contributed by atoms with E-state index in [2.05, 4.69) is 57.2 Å². The zero-order chi connectivity index (χ0) is 31.1. The van der Waals surface area contributed by atoms with E-state index in [1.54, 1.807) is 0 Å². The van der Waals surface area contributed by atoms with Crippen LogP contribution in [0.25, 0.3) is 0 Å². The molecule has 0 rings (SSSR count). The fourth-order valence-electron chi connectivity index (χ4n) is 4.24. The lowest BCUT2D eigenvalue weighted by Crippen LogP contribution is -2.28. The van der Waals surface area contributed by atoms with E-state index in [-0.39, 0.29) is 31.3 Å². The Morgan fingerprint density at radius 3 is 1.95 bits per heavy atom. The molecule has 0 radical (unpaired) electrons. The second kappa shape index (κ2) is 30.3. The molecule has 0 spiro atoms. The quantitative estimate of drug-likeness (QED) is 0.0538. The van der Waals surface area contributed by atoms with Crippen LogP contribution in [-0.2, 0) is 19.1 Å². The molecule has 0 bridgehead atoms. The second-order valence-electron chi connectivity index (χ2n) is 11.3. The maximum atomic E-state index is 12.1. The summed E-state index contributed by atoms with van der Waals surface area (Å²) < 4.78 is 10.5. The molecule has 0 aromatic rings. The van der Waals surface area contributed by atoms with Crippen LogP contribution >= 0.6 is 0 Å². The molecule has 2 N–H and O–H groups in total. The van der Waals surface area contributed by atoms with Crippen molar-refractivity contribution >= 4 is 11.9 Å². The molecule has 0 aromatic heterocycles. The van der Waals surface area contributed by atoms with Gasteiger partial charge in [0.15, 0.2) is 6.10 Å². The first-order chi connectivity index (χ1) is 20.4. The van der Waals surface area contributed by atoms with Gasteiger partial charge in [0, 0.05) is 12.8 Å². The molecule has 0 aliphatic carbocycles. The normalized spacial score (nSPS) is 14.3. The van der Waals surface area contributed by atoms with E-state index < -0.39 is 6.10 Å². The number of aliphatic hydroxyl groups excluding tert-OH is 2. The third kappa shape index (κ3) is 28.0. The Labute approximate surface area is 257 Å². The Hall–Kier alpha value is -2.18. The lowest BCUT2D eigenvalue weighted by molar-refractivity contribution is -0.161. The highest BCUT2D eigenvalue weighted by molar-refractivity contribution is 5.70. The summed E-state index contributed by atoms with van der Waals surface area (Å²) in [4.78, 5) is 24.1. The van der Waals surface area contributed by atoms with Gasteiger partial charge in [-0.2, -0.15) is 0 Å². The minimum Gasteiger partial charge on any atom is -0.462 e. The molecule has 6 heteroatoms. The smallest absolute Gasteiger partial charge is 0.306 e. The fourth-order valence-corrected chi connectivity index (χ4v) is 4.24. The van der Waals surface area contributed by atoms with Gasteiger partial charge < -0.3 is 19.7 Å². The number of unbranched alkanes of at least 4 members (excludes halogenated alkanes) is 7. The lowest BCUT2D eigenvalue weighted by Gasteiger charge is -2.15. The Morgan fingerprint density at radius 2 is 1.31 bits per heavy atom. The highest BCUT2D eigenvalue weighted by Crippen LogP contribution is 2.15. The number of hydrogen-bond acceptors (Lipinski definition) is 6. The molecule has 3 atom stereocenters. The van der Waals surface area contributed by atoms with Gasteiger partial charge in [0.05, 0.1) is 12.7 Å². The van der Waals surface area contributed by atoms with Crippen molar-refractivity contribution in [2.24, 2.45) is 5.92 Å². The Kier molecular flexibility index (Phi) is 28.7. The fraction of sp³-hybridized carbons (Fsp3) is 0.722. The van der Waals surface area contributed by atoms with Gasteiger partial charge in [-0.1, -0.05) is 127 Å². The van der Waals surface area contributed by atoms with Crippen LogP contribution in [-0.4, -0.2) is 47.6 Å². The third-order valence-electron chi connectivity index (χ3n) is 7.24. The summed E-state index contributed by atoms with van der Waals surface area (Å²) in [6.45, 7) is 6.20. The van der Waals surface area contributed by atoms with Gasteiger partial charge in [0.2, 0.25) is 0 Å². The summed E-state index contributed by atoms with van der Waals surface area (Å²) in [6.07, 6.45) is 32.2. The molecule has 0 aromatic carbocycles. The zero-order valence-electron chi connectivity index (χ0n) is 27.0. The summed E-state index contributed by atoms with van der Waals surface area (Å²) in [6, 6.07) is 0. The molecule has 0 aliphatic heterocycles. The maximum absolute atomic E-state index is 12.1. The van der Waals surface area contributed by atoms with Crippen LogP contribution in [0.2, 0.25) is 0 Å². The van der Waals surface area contributed by atoms with Crippen molar-refractivity contribution in [2.45, 2.75) is 149 Å². The predicted molar refractivity (Wildman–Crippen MR) is 174 cm³/mol. The van der Waals surface area contributed by atoms with E-state index in [9.17, 15) is 19.8 Å². The van der Waals surface area contributed by atoms with Crippen molar-refractivity contribution in [1.82, 2.24) is 0 Å². The number of carbonyl (C=O) groups is 2. The maximum Gasteiger partial charge on any atom is 0.306 e. The SMILES string of the molecule is CCCC[C@H](O)/C=C\C/C=C\C/C=C\C/C=C\CCCC(=O)OC[C@H](CO)OC(=O)CCCCCCCCC(C)CC. The number of rotatable bonds is 28. The molecule has 1 unspecified atom stereocenters. The Bertz CT molecular complexity index is 754. The van der Waals surface area contributed by atoms with Crippen molar-refractivity contribution in [3.05, 3.63) is 48.6 Å². The Morgan fingerprint density at radius 1 is 0.714 bits per heavy atom. The van der Waals surface area contributed by atoms with Crippen molar-refractivity contribution in [3.63, 3.8) is 0 Å². The van der Waals surface area contributed by atoms with Crippen LogP contribution in [0.5, 0.6) is 0 Å². The number of hydrogen-bond donors (Lipinski definition) is 2. The van der Waals surface area contributed by atoms with Crippen molar-refractivity contribution < 1.29 is 29.3 Å². The van der Waals surface area contributed by atoms with Gasteiger partial charge in [-0.25, -0.2) is 0 Å². The van der Waals surface area contributed by atoms with Crippen LogP contribution in [0.3, 0.4) is 0 Å². The van der Waals surface area contributed by atoms with E-state index in [0.29, 0.717) is 19.3 Å². The summed E-state index contributed by atoms with van der Waals surface area (Å²) in [7, 11) is 0. The summed E-state index contributed by atoms with van der Waals surface area (Å²) in [5.74, 6) is 0.125. The van der Waals surface area contributed by atoms with Crippen LogP contribution in [0.4, 0.5) is 0 Å². The van der Waals surface area contributed by atoms with E-state index in [0.717, 1.165) is 70.1 Å². The van der Waals surface area contributed by atoms with E-state index >= 15 is 0 Å². The summed E-state index contributed by atoms with van der Waals surface area (Å²) in [5.41, 5.74) is 0. The minimum absolute atomic E-state index is 0.108. The Balaban J connectivity index is 3.78. The van der Waals surface area contributed by atoms with Gasteiger partial charge in [-0.05, 0) is 50.9 Å². The van der Waals surface area contributed by atoms with Crippen molar-refractivity contribution in [1.29, 1.82) is 0 Å². The summed E-state index contributed by atoms with van der Waals surface area (Å²) in [5, 5.41) is 19.2. The second-order valence-corrected chi connectivity index (χ2v) is 11.3. The molecule has 6 nitrogen and oxygen atoms in total. The van der Waals surface area contributed by atoms with E-state index in [4.69, 9.17) is 9.47 Å². The third-order valence-corrected chi connectivity index (χ3v) is 7.24. The molecule has 0 fully saturated rings. The van der Waals surface area contributed by atoms with Gasteiger partial charge >= 0.3 is 11.9 Å². The topological polar surface area (TPSA) is 93.1 Å². The number of allylic oxidation sites excluding steroid dienone is 7. The predicted octanol–water partition coefficient (Wildman–Crippen LogP) is 8.72. The monoisotopic (exact) mass is 590 g/mol. The first-order valence-corrected chi connectivity index (χ1v) is 16.7. The molecule has 242 valence electrons. The van der Waals surface area contributed by atoms with Crippen LogP contribution in [0.1, 0.15) is 136 Å². The first-order valence-electron chi connectivity index (χ1n) is 16.7. The minimum atomic E-state index is -0.802. The molecular formula is C36H62O6. The highest BCUT2D eigenvalue weighted by Gasteiger charge is 2.16. The molecule has 0 saturated heterocycles. The number of aliphatic hydroxyl groups is 2. The molecule has 0 saturated carbocycles. The average molecular weight is 591 g/mol.